The molecule has 0 unspecified atom stereocenters. The number of nitrogens with two attached hydrogens (primary N) is 1. The molecule has 16 nitrogen and oxygen atoms in total. The van der Waals surface area contributed by atoms with Crippen LogP contribution in [-0.4, -0.2) is 116 Å². The molecule has 17 heteroatoms. The third-order valence-electron chi connectivity index (χ3n) is 10.1. The van der Waals surface area contributed by atoms with Crippen molar-refractivity contribution in [2.24, 2.45) is 5.73 Å². The summed E-state index contributed by atoms with van der Waals surface area (Å²) in [5, 5.41) is 16.5. The number of amides is 1. The van der Waals surface area contributed by atoms with Gasteiger partial charge in [-0.2, -0.15) is 4.98 Å². The average molecular weight is 719 g/mol. The number of carbonyl (C=O) groups is 1. The van der Waals surface area contributed by atoms with Gasteiger partial charge in [0.15, 0.2) is 11.4 Å². The topological polar surface area (TPSA) is 198 Å². The predicted octanol–water partition coefficient (Wildman–Crippen LogP) is 2.90. The molecule has 4 aliphatic heterocycles. The molecular weight excluding hydrogens is 680 g/mol. The SMILES string of the molecule is CC(C)N1CCN(C[C@@H]2COc3cc(S(=O)(=O)c4cccc(C(N)=O)c4N4c5cc6cc[nH]c6nc5O[C@@H]5COC[C@H]54)cc([N+](=O)[O-])c3N2)CC1. The van der Waals surface area contributed by atoms with E-state index in [-0.39, 0.29) is 64.2 Å². The van der Waals surface area contributed by atoms with Crippen LogP contribution in [-0.2, 0) is 14.6 Å². The molecule has 6 heterocycles. The summed E-state index contributed by atoms with van der Waals surface area (Å²) in [5.41, 5.74) is 6.50. The van der Waals surface area contributed by atoms with Gasteiger partial charge >= 0.3 is 0 Å². The van der Waals surface area contributed by atoms with E-state index in [4.69, 9.17) is 19.9 Å². The molecule has 1 amide bonds. The highest BCUT2D eigenvalue weighted by molar-refractivity contribution is 7.91. The van der Waals surface area contributed by atoms with Crippen molar-refractivity contribution >= 4 is 49.5 Å². The molecule has 0 bridgehead atoms. The Bertz CT molecular complexity index is 2150. The molecule has 8 rings (SSSR count). The number of pyridine rings is 1. The van der Waals surface area contributed by atoms with E-state index in [9.17, 15) is 23.3 Å². The van der Waals surface area contributed by atoms with Gasteiger partial charge in [-0.15, -0.1) is 0 Å². The number of ether oxygens (including phenoxy) is 3. The fraction of sp³-hybridized carbons (Fsp3) is 0.412. The number of nitro benzene ring substituents is 1. The lowest BCUT2D eigenvalue weighted by Gasteiger charge is -2.40. The van der Waals surface area contributed by atoms with Crippen molar-refractivity contribution in [1.29, 1.82) is 0 Å². The first-order valence-corrected chi connectivity index (χ1v) is 18.4. The molecular formula is C34H38N8O8S. The number of primary amides is 1. The maximum atomic E-state index is 14.7. The summed E-state index contributed by atoms with van der Waals surface area (Å²) in [4.78, 5) is 38.3. The van der Waals surface area contributed by atoms with Crippen molar-refractivity contribution in [3.63, 3.8) is 0 Å². The highest BCUT2D eigenvalue weighted by Crippen LogP contribution is 2.48. The van der Waals surface area contributed by atoms with Crippen LogP contribution in [0.2, 0.25) is 0 Å². The second-order valence-corrected chi connectivity index (χ2v) is 15.5. The highest BCUT2D eigenvalue weighted by Gasteiger charge is 2.45. The summed E-state index contributed by atoms with van der Waals surface area (Å²) in [6.45, 7) is 9.11. The molecule has 4 aliphatic rings. The number of H-pyrrole nitrogens is 1. The van der Waals surface area contributed by atoms with E-state index in [1.165, 1.54) is 24.3 Å². The molecule has 2 aromatic carbocycles. The van der Waals surface area contributed by atoms with E-state index in [0.29, 0.717) is 23.9 Å². The van der Waals surface area contributed by atoms with Gasteiger partial charge in [-0.25, -0.2) is 8.42 Å². The van der Waals surface area contributed by atoms with Crippen LogP contribution in [0.4, 0.5) is 22.7 Å². The number of aromatic amines is 1. The summed E-state index contributed by atoms with van der Waals surface area (Å²) in [6.07, 6.45) is 1.19. The Morgan fingerprint density at radius 2 is 1.92 bits per heavy atom. The van der Waals surface area contributed by atoms with Crippen LogP contribution in [0.3, 0.4) is 0 Å². The van der Waals surface area contributed by atoms with Gasteiger partial charge in [-0.05, 0) is 38.1 Å². The van der Waals surface area contributed by atoms with Crippen molar-refractivity contribution < 1.29 is 32.3 Å². The number of sulfone groups is 1. The molecule has 0 spiro atoms. The summed E-state index contributed by atoms with van der Waals surface area (Å²) < 4.78 is 47.5. The van der Waals surface area contributed by atoms with Crippen molar-refractivity contribution in [3.05, 3.63) is 64.3 Å². The standard InChI is InChI=1S/C34H38N8O8S/c1-19(2)40-10-8-39(9-11-40)15-21-16-49-27-14-22(13-24(42(44)45)30(27)37-21)51(46,47)29-5-3-4-23(32(35)43)31(29)41-25-12-20-6-7-36-33(20)38-34(25)50-28-18-48-17-26(28)41/h3-7,12-14,19,21,26,28,37H,8-11,15-18H2,1-2H3,(H2,35,43)(H,36,38)/t21-,26-,28-/m1/s1. The number of nitro groups is 1. The molecule has 3 atom stereocenters. The van der Waals surface area contributed by atoms with E-state index in [1.54, 1.807) is 17.2 Å². The quantitative estimate of drug-likeness (QED) is 0.178. The number of aromatic nitrogens is 2. The molecule has 2 aromatic heterocycles. The van der Waals surface area contributed by atoms with E-state index < -0.39 is 38.5 Å². The molecule has 0 radical (unpaired) electrons. The predicted molar refractivity (Wildman–Crippen MR) is 187 cm³/mol. The number of hydrogen-bond donors (Lipinski definition) is 3. The Kier molecular flexibility index (Phi) is 8.24. The zero-order valence-corrected chi connectivity index (χ0v) is 28.9. The lowest BCUT2D eigenvalue weighted by Crippen LogP contribution is -2.52. The number of nitrogens with one attached hydrogen (secondary N) is 2. The van der Waals surface area contributed by atoms with Gasteiger partial charge in [0.25, 0.3) is 11.6 Å². The number of rotatable bonds is 8. The van der Waals surface area contributed by atoms with Gasteiger partial charge in [0.2, 0.25) is 15.7 Å². The van der Waals surface area contributed by atoms with Crippen molar-refractivity contribution in [2.75, 3.05) is 62.8 Å². The third-order valence-corrected chi connectivity index (χ3v) is 11.9. The minimum atomic E-state index is -4.56. The maximum absolute atomic E-state index is 14.7. The van der Waals surface area contributed by atoms with Crippen LogP contribution in [0.5, 0.6) is 11.6 Å². The van der Waals surface area contributed by atoms with Gasteiger partial charge < -0.3 is 35.1 Å². The normalized spacial score (nSPS) is 22.1. The van der Waals surface area contributed by atoms with Gasteiger partial charge in [-0.1, -0.05) is 6.07 Å². The van der Waals surface area contributed by atoms with Crippen LogP contribution in [0.1, 0.15) is 24.2 Å². The Hall–Kier alpha value is -4.97. The first kappa shape index (κ1) is 33.2. The third kappa shape index (κ3) is 5.79. The van der Waals surface area contributed by atoms with Crippen LogP contribution in [0.15, 0.2) is 58.5 Å². The Balaban J connectivity index is 1.19. The number of carbonyl (C=O) groups excluding carboxylic acids is 1. The Morgan fingerprint density at radius 3 is 2.67 bits per heavy atom. The summed E-state index contributed by atoms with van der Waals surface area (Å²) >= 11 is 0. The fourth-order valence-electron chi connectivity index (χ4n) is 7.45. The first-order chi connectivity index (χ1) is 24.5. The number of hydrogen-bond acceptors (Lipinski definition) is 13. The van der Waals surface area contributed by atoms with Crippen LogP contribution in [0.25, 0.3) is 11.0 Å². The van der Waals surface area contributed by atoms with Gasteiger partial charge in [0.1, 0.15) is 24.0 Å². The molecule has 268 valence electrons. The number of benzene rings is 2. The largest absolute Gasteiger partial charge is 0.489 e. The zero-order valence-electron chi connectivity index (χ0n) is 28.1. The Morgan fingerprint density at radius 1 is 1.12 bits per heavy atom. The van der Waals surface area contributed by atoms with Crippen molar-refractivity contribution in [3.8, 4) is 11.6 Å². The highest BCUT2D eigenvalue weighted by atomic mass is 32.2. The molecule has 0 aliphatic carbocycles. The maximum Gasteiger partial charge on any atom is 0.297 e. The second-order valence-electron chi connectivity index (χ2n) is 13.5. The van der Waals surface area contributed by atoms with Gasteiger partial charge in [0.05, 0.1) is 51.3 Å². The minimum absolute atomic E-state index is 0.00350. The lowest BCUT2D eigenvalue weighted by molar-refractivity contribution is -0.384. The van der Waals surface area contributed by atoms with Crippen LogP contribution >= 0.6 is 0 Å². The molecule has 51 heavy (non-hydrogen) atoms. The smallest absolute Gasteiger partial charge is 0.297 e. The van der Waals surface area contributed by atoms with E-state index >= 15 is 0 Å². The number of nitrogens with zero attached hydrogens (tertiary/aromatic N) is 5. The van der Waals surface area contributed by atoms with Crippen molar-refractivity contribution in [1.82, 2.24) is 19.8 Å². The summed E-state index contributed by atoms with van der Waals surface area (Å²) in [6, 6.07) is 9.84. The second kappa shape index (κ2) is 12.7. The zero-order chi connectivity index (χ0) is 35.6. The number of para-hydroxylation sites is 1. The molecule has 4 N–H and O–H groups in total. The van der Waals surface area contributed by atoms with Crippen LogP contribution < -0.4 is 25.4 Å². The first-order valence-electron chi connectivity index (χ1n) is 16.9. The molecule has 2 fully saturated rings. The number of piperazine rings is 1. The summed E-state index contributed by atoms with van der Waals surface area (Å²) in [5.74, 6) is -0.585. The fourth-order valence-corrected chi connectivity index (χ4v) is 8.96. The van der Waals surface area contributed by atoms with Crippen LogP contribution in [0, 0.1) is 10.1 Å². The minimum Gasteiger partial charge on any atom is -0.489 e. The number of anilines is 3. The summed E-state index contributed by atoms with van der Waals surface area (Å²) in [7, 11) is -4.56. The van der Waals surface area contributed by atoms with E-state index in [1.807, 2.05) is 6.07 Å². The van der Waals surface area contributed by atoms with E-state index in [2.05, 4.69) is 38.9 Å². The van der Waals surface area contributed by atoms with Crippen molar-refractivity contribution in [2.45, 2.75) is 47.9 Å². The molecule has 0 saturated carbocycles. The molecule has 4 aromatic rings. The Labute approximate surface area is 293 Å². The molecule has 2 saturated heterocycles. The number of fused-ring (bicyclic) bond motifs is 4. The van der Waals surface area contributed by atoms with E-state index in [0.717, 1.165) is 37.6 Å². The lowest BCUT2D eigenvalue weighted by atomic mass is 10.0. The average Bonchev–Trinajstić information content (AvgIpc) is 3.78. The van der Waals surface area contributed by atoms with Gasteiger partial charge in [-0.3, -0.25) is 24.7 Å². The van der Waals surface area contributed by atoms with Gasteiger partial charge in [0, 0.05) is 62.5 Å². The monoisotopic (exact) mass is 718 g/mol.